The number of ether oxygens (including phenoxy) is 1. The summed E-state index contributed by atoms with van der Waals surface area (Å²) in [5.74, 6) is -0.781. The number of amides is 1. The summed E-state index contributed by atoms with van der Waals surface area (Å²) in [7, 11) is 0. The van der Waals surface area contributed by atoms with Gasteiger partial charge in [-0.15, -0.1) is 0 Å². The Kier molecular flexibility index (Phi) is 4.02. The molecule has 5 heteroatoms. The summed E-state index contributed by atoms with van der Waals surface area (Å²) in [6.07, 6.45) is 6.21. The lowest BCUT2D eigenvalue weighted by Crippen LogP contribution is -2.40. The van der Waals surface area contributed by atoms with E-state index in [4.69, 9.17) is 9.15 Å². The van der Waals surface area contributed by atoms with Gasteiger partial charge in [-0.05, 0) is 25.8 Å². The van der Waals surface area contributed by atoms with Crippen LogP contribution in [0.2, 0.25) is 0 Å². The van der Waals surface area contributed by atoms with Gasteiger partial charge in [-0.2, -0.15) is 0 Å². The number of esters is 1. The molecular formula is C13H17NO4. The lowest BCUT2D eigenvalue weighted by Gasteiger charge is -2.16. The lowest BCUT2D eigenvalue weighted by atomic mass is 10.2. The van der Waals surface area contributed by atoms with Crippen LogP contribution in [0.4, 0.5) is 0 Å². The Labute approximate surface area is 105 Å². The Hall–Kier alpha value is -1.78. The molecule has 1 amide bonds. The zero-order chi connectivity index (χ0) is 13.0. The average Bonchev–Trinajstić information content (AvgIpc) is 3.01. The molecule has 1 aliphatic carbocycles. The van der Waals surface area contributed by atoms with E-state index in [9.17, 15) is 9.59 Å². The van der Waals surface area contributed by atoms with Crippen molar-refractivity contribution in [1.82, 2.24) is 5.32 Å². The Bertz CT molecular complexity index is 407. The number of hydrogen-bond donors (Lipinski definition) is 1. The van der Waals surface area contributed by atoms with Crippen LogP contribution in [-0.4, -0.2) is 24.0 Å². The molecule has 5 nitrogen and oxygen atoms in total. The van der Waals surface area contributed by atoms with Crippen molar-refractivity contribution < 1.29 is 18.7 Å². The van der Waals surface area contributed by atoms with Gasteiger partial charge in [0, 0.05) is 6.04 Å². The summed E-state index contributed by atoms with van der Waals surface area (Å²) in [5.41, 5.74) is 0.315. The highest BCUT2D eigenvalue weighted by atomic mass is 16.5. The first-order chi connectivity index (χ1) is 8.66. The van der Waals surface area contributed by atoms with Crippen LogP contribution in [-0.2, 0) is 9.53 Å². The molecule has 1 saturated carbocycles. The maximum absolute atomic E-state index is 11.8. The smallest absolute Gasteiger partial charge is 0.342 e. The fourth-order valence-electron chi connectivity index (χ4n) is 2.05. The van der Waals surface area contributed by atoms with Crippen molar-refractivity contribution in [2.75, 3.05) is 0 Å². The third kappa shape index (κ3) is 3.12. The number of hydrogen-bond acceptors (Lipinski definition) is 4. The van der Waals surface area contributed by atoms with Crippen LogP contribution in [0.25, 0.3) is 0 Å². The number of furan rings is 1. The van der Waals surface area contributed by atoms with Crippen LogP contribution in [0.15, 0.2) is 23.0 Å². The second-order valence-electron chi connectivity index (χ2n) is 4.55. The zero-order valence-corrected chi connectivity index (χ0v) is 10.3. The van der Waals surface area contributed by atoms with Gasteiger partial charge in [0.2, 0.25) is 0 Å². The van der Waals surface area contributed by atoms with E-state index in [1.807, 2.05) is 0 Å². The van der Waals surface area contributed by atoms with Crippen LogP contribution < -0.4 is 5.32 Å². The number of carbonyl (C=O) groups excluding carboxylic acids is 2. The minimum Gasteiger partial charge on any atom is -0.472 e. The van der Waals surface area contributed by atoms with Crippen molar-refractivity contribution in [3.63, 3.8) is 0 Å². The van der Waals surface area contributed by atoms with Gasteiger partial charge in [0.05, 0.1) is 11.8 Å². The summed E-state index contributed by atoms with van der Waals surface area (Å²) < 4.78 is 9.84. The van der Waals surface area contributed by atoms with Gasteiger partial charge < -0.3 is 14.5 Å². The van der Waals surface area contributed by atoms with Gasteiger partial charge in [0.25, 0.3) is 5.91 Å². The van der Waals surface area contributed by atoms with E-state index >= 15 is 0 Å². The Morgan fingerprint density at radius 3 is 2.78 bits per heavy atom. The first kappa shape index (κ1) is 12.7. The van der Waals surface area contributed by atoms with Crippen LogP contribution >= 0.6 is 0 Å². The van der Waals surface area contributed by atoms with Crippen LogP contribution in [0.3, 0.4) is 0 Å². The monoisotopic (exact) mass is 251 g/mol. The number of carbonyl (C=O) groups is 2. The molecule has 0 aromatic carbocycles. The first-order valence-corrected chi connectivity index (χ1v) is 6.20. The molecule has 98 valence electrons. The van der Waals surface area contributed by atoms with E-state index in [1.165, 1.54) is 18.6 Å². The van der Waals surface area contributed by atoms with Crippen molar-refractivity contribution in [3.8, 4) is 0 Å². The van der Waals surface area contributed by atoms with Crippen molar-refractivity contribution in [2.45, 2.75) is 44.8 Å². The molecule has 0 saturated heterocycles. The maximum atomic E-state index is 11.8. The van der Waals surface area contributed by atoms with E-state index in [0.717, 1.165) is 25.7 Å². The van der Waals surface area contributed by atoms with Crippen molar-refractivity contribution in [3.05, 3.63) is 24.2 Å². The Morgan fingerprint density at radius 2 is 2.17 bits per heavy atom. The highest BCUT2D eigenvalue weighted by molar-refractivity contribution is 5.91. The summed E-state index contributed by atoms with van der Waals surface area (Å²) in [5, 5.41) is 2.89. The van der Waals surface area contributed by atoms with Gasteiger partial charge in [-0.25, -0.2) is 4.79 Å². The summed E-state index contributed by atoms with van der Waals surface area (Å²) in [6, 6.07) is 1.73. The molecule has 1 atom stereocenters. The fourth-order valence-corrected chi connectivity index (χ4v) is 2.05. The molecule has 1 aliphatic rings. The second kappa shape index (κ2) is 5.71. The molecule has 1 aromatic rings. The largest absolute Gasteiger partial charge is 0.472 e. The third-order valence-corrected chi connectivity index (χ3v) is 3.11. The molecule has 1 N–H and O–H groups in total. The van der Waals surface area contributed by atoms with Gasteiger partial charge >= 0.3 is 5.97 Å². The van der Waals surface area contributed by atoms with E-state index in [-0.39, 0.29) is 11.9 Å². The van der Waals surface area contributed by atoms with Crippen molar-refractivity contribution in [1.29, 1.82) is 0 Å². The quantitative estimate of drug-likeness (QED) is 0.830. The van der Waals surface area contributed by atoms with Gasteiger partial charge in [0.1, 0.15) is 6.26 Å². The number of nitrogens with one attached hydrogen (secondary N) is 1. The predicted molar refractivity (Wildman–Crippen MR) is 64.0 cm³/mol. The molecule has 0 aliphatic heterocycles. The van der Waals surface area contributed by atoms with E-state index in [1.54, 1.807) is 6.92 Å². The fraction of sp³-hybridized carbons (Fsp3) is 0.538. The summed E-state index contributed by atoms with van der Waals surface area (Å²) >= 11 is 0. The molecule has 1 unspecified atom stereocenters. The highest BCUT2D eigenvalue weighted by Crippen LogP contribution is 2.17. The molecule has 18 heavy (non-hydrogen) atoms. The molecular weight excluding hydrogens is 234 g/mol. The summed E-state index contributed by atoms with van der Waals surface area (Å²) in [4.78, 5) is 23.4. The Morgan fingerprint density at radius 1 is 1.44 bits per heavy atom. The lowest BCUT2D eigenvalue weighted by molar-refractivity contribution is -0.129. The van der Waals surface area contributed by atoms with Crippen LogP contribution in [0, 0.1) is 0 Å². The van der Waals surface area contributed by atoms with Crippen LogP contribution in [0.5, 0.6) is 0 Å². The highest BCUT2D eigenvalue weighted by Gasteiger charge is 2.23. The molecule has 0 radical (unpaired) electrons. The molecule has 0 bridgehead atoms. The molecule has 1 fully saturated rings. The molecule has 0 spiro atoms. The number of rotatable bonds is 4. The second-order valence-corrected chi connectivity index (χ2v) is 4.55. The molecule has 2 rings (SSSR count). The zero-order valence-electron chi connectivity index (χ0n) is 10.3. The minimum absolute atomic E-state index is 0.229. The SMILES string of the molecule is CC(OC(=O)c1ccoc1)C(=O)NC1CCCC1. The topological polar surface area (TPSA) is 68.5 Å². The minimum atomic E-state index is -0.784. The van der Waals surface area contributed by atoms with Gasteiger partial charge in [-0.3, -0.25) is 4.79 Å². The van der Waals surface area contributed by atoms with E-state index in [0.29, 0.717) is 5.56 Å². The normalized spacial score (nSPS) is 17.4. The van der Waals surface area contributed by atoms with Crippen LogP contribution in [0.1, 0.15) is 43.0 Å². The molecule has 1 aromatic heterocycles. The van der Waals surface area contributed by atoms with Gasteiger partial charge in [0.15, 0.2) is 6.10 Å². The first-order valence-electron chi connectivity index (χ1n) is 6.20. The third-order valence-electron chi connectivity index (χ3n) is 3.11. The summed E-state index contributed by atoms with van der Waals surface area (Å²) in [6.45, 7) is 1.57. The van der Waals surface area contributed by atoms with Crippen molar-refractivity contribution >= 4 is 11.9 Å². The van der Waals surface area contributed by atoms with E-state index in [2.05, 4.69) is 5.32 Å². The maximum Gasteiger partial charge on any atom is 0.342 e. The average molecular weight is 251 g/mol. The van der Waals surface area contributed by atoms with Gasteiger partial charge in [-0.1, -0.05) is 12.8 Å². The van der Waals surface area contributed by atoms with Crippen molar-refractivity contribution in [2.24, 2.45) is 0 Å². The van der Waals surface area contributed by atoms with E-state index < -0.39 is 12.1 Å². The predicted octanol–water partition coefficient (Wildman–Crippen LogP) is 1.88. The Balaban J connectivity index is 1.81. The molecule has 1 heterocycles. The standard InChI is InChI=1S/C13H17NO4/c1-9(12(15)14-11-4-2-3-5-11)18-13(16)10-6-7-17-8-10/h6-9,11H,2-5H2,1H3,(H,14,15).